The first-order valence-corrected chi connectivity index (χ1v) is 22.9. The molecule has 6 N–H and O–H groups in total. The summed E-state index contributed by atoms with van der Waals surface area (Å²) in [5.41, 5.74) is 0. The SMILES string of the molecule is CCCCCCCCCC/C=C/CCCC[C@@H](O)[C@H](CO[C@H]1O[C@@H](CO)[C@H](O)C(O)C1O)NC(=O)CCCCCCCCCCCCCCCCCCC. The van der Waals surface area contributed by atoms with Gasteiger partial charge in [-0.3, -0.25) is 4.79 Å². The van der Waals surface area contributed by atoms with Gasteiger partial charge in [-0.15, -0.1) is 0 Å². The summed E-state index contributed by atoms with van der Waals surface area (Å²) in [6.07, 6.45) is 33.6. The van der Waals surface area contributed by atoms with Gasteiger partial charge in [0.2, 0.25) is 5.91 Å². The number of amides is 1. The lowest BCUT2D eigenvalue weighted by atomic mass is 9.99. The minimum absolute atomic E-state index is 0.146. The molecule has 1 rings (SSSR count). The Balaban J connectivity index is 2.34. The molecule has 0 aliphatic carbocycles. The van der Waals surface area contributed by atoms with Crippen LogP contribution >= 0.6 is 0 Å². The fourth-order valence-corrected chi connectivity index (χ4v) is 7.39. The van der Waals surface area contributed by atoms with Gasteiger partial charge in [0.25, 0.3) is 0 Å². The predicted molar refractivity (Wildman–Crippen MR) is 221 cm³/mol. The van der Waals surface area contributed by atoms with Gasteiger partial charge in [-0.25, -0.2) is 0 Å². The Labute approximate surface area is 331 Å². The maximum Gasteiger partial charge on any atom is 0.220 e. The second-order valence-corrected chi connectivity index (χ2v) is 16.2. The number of aliphatic hydroxyl groups excluding tert-OH is 5. The van der Waals surface area contributed by atoms with Crippen LogP contribution in [0.5, 0.6) is 0 Å². The van der Waals surface area contributed by atoms with Crippen LogP contribution in [0.3, 0.4) is 0 Å². The Morgan fingerprint density at radius 2 is 1.04 bits per heavy atom. The number of carbonyl (C=O) groups excluding carboxylic acids is 1. The van der Waals surface area contributed by atoms with Crippen LogP contribution in [0, 0.1) is 0 Å². The molecule has 1 saturated heterocycles. The zero-order valence-electron chi connectivity index (χ0n) is 35.0. The van der Waals surface area contributed by atoms with Crippen molar-refractivity contribution in [3.8, 4) is 0 Å². The van der Waals surface area contributed by atoms with Gasteiger partial charge in [0.1, 0.15) is 24.4 Å². The molecular formula is C45H87NO8. The molecule has 9 nitrogen and oxygen atoms in total. The molecule has 320 valence electrons. The Hall–Kier alpha value is -1.07. The number of ether oxygens (including phenoxy) is 2. The summed E-state index contributed by atoms with van der Waals surface area (Å²) in [6.45, 7) is 3.82. The third-order valence-corrected chi connectivity index (χ3v) is 11.1. The topological polar surface area (TPSA) is 149 Å². The maximum absolute atomic E-state index is 13.0. The summed E-state index contributed by atoms with van der Waals surface area (Å²) in [7, 11) is 0. The molecule has 0 saturated carbocycles. The van der Waals surface area contributed by atoms with Gasteiger partial charge in [0.15, 0.2) is 6.29 Å². The van der Waals surface area contributed by atoms with E-state index in [9.17, 15) is 30.3 Å². The van der Waals surface area contributed by atoms with E-state index in [0.717, 1.165) is 44.9 Å². The van der Waals surface area contributed by atoms with Crippen LogP contribution in [0.15, 0.2) is 12.2 Å². The van der Waals surface area contributed by atoms with E-state index in [1.54, 1.807) is 0 Å². The van der Waals surface area contributed by atoms with E-state index in [1.807, 2.05) is 0 Å². The minimum atomic E-state index is -1.55. The number of rotatable bonds is 38. The van der Waals surface area contributed by atoms with Crippen LogP contribution in [-0.2, 0) is 14.3 Å². The molecule has 1 aliphatic heterocycles. The molecule has 0 bridgehead atoms. The van der Waals surface area contributed by atoms with Crippen LogP contribution < -0.4 is 5.32 Å². The lowest BCUT2D eigenvalue weighted by Gasteiger charge is -2.40. The van der Waals surface area contributed by atoms with E-state index in [1.165, 1.54) is 141 Å². The van der Waals surface area contributed by atoms with Gasteiger partial charge in [-0.1, -0.05) is 180 Å². The van der Waals surface area contributed by atoms with Crippen LogP contribution in [0.4, 0.5) is 0 Å². The minimum Gasteiger partial charge on any atom is -0.394 e. The summed E-state index contributed by atoms with van der Waals surface area (Å²) in [4.78, 5) is 13.0. The van der Waals surface area contributed by atoms with Gasteiger partial charge in [-0.2, -0.15) is 0 Å². The van der Waals surface area contributed by atoms with Crippen molar-refractivity contribution in [2.45, 2.75) is 256 Å². The summed E-state index contributed by atoms with van der Waals surface area (Å²) in [5, 5.41) is 54.3. The number of carbonyl (C=O) groups is 1. The predicted octanol–water partition coefficient (Wildman–Crippen LogP) is 9.34. The zero-order chi connectivity index (χ0) is 39.5. The second-order valence-electron chi connectivity index (χ2n) is 16.2. The standard InChI is InChI=1S/C45H87NO8/c1-3-5-7-9-11-13-15-17-19-20-21-23-25-27-29-31-33-35-41(49)46-38(37-53-45-44(52)43(51)42(50)40(36-47)54-45)39(48)34-32-30-28-26-24-22-18-16-14-12-10-8-6-4-2/h24,26,38-40,42-45,47-48,50-52H,3-23,25,27-37H2,1-2H3,(H,46,49)/b26-24+/t38-,39+,40-,42-,43?,44?,45-/m0/s1. The highest BCUT2D eigenvalue weighted by Gasteiger charge is 2.44. The van der Waals surface area contributed by atoms with Crippen LogP contribution in [0.2, 0.25) is 0 Å². The number of aliphatic hydroxyl groups is 5. The molecule has 1 aliphatic rings. The van der Waals surface area contributed by atoms with Crippen molar-refractivity contribution in [3.05, 3.63) is 12.2 Å². The Morgan fingerprint density at radius 3 is 1.50 bits per heavy atom. The molecule has 7 atom stereocenters. The van der Waals surface area contributed by atoms with Gasteiger partial charge in [0, 0.05) is 6.42 Å². The highest BCUT2D eigenvalue weighted by Crippen LogP contribution is 2.23. The first-order valence-electron chi connectivity index (χ1n) is 22.9. The Kier molecular flexibility index (Phi) is 34.2. The fourth-order valence-electron chi connectivity index (χ4n) is 7.39. The first-order chi connectivity index (χ1) is 26.3. The quantitative estimate of drug-likeness (QED) is 0.0269. The van der Waals surface area contributed by atoms with Crippen molar-refractivity contribution in [1.29, 1.82) is 0 Å². The zero-order valence-corrected chi connectivity index (χ0v) is 35.0. The van der Waals surface area contributed by atoms with Gasteiger partial charge >= 0.3 is 0 Å². The van der Waals surface area contributed by atoms with E-state index >= 15 is 0 Å². The number of unbranched alkanes of at least 4 members (excludes halogenated alkanes) is 26. The largest absolute Gasteiger partial charge is 0.394 e. The van der Waals surface area contributed by atoms with Crippen LogP contribution in [0.25, 0.3) is 0 Å². The van der Waals surface area contributed by atoms with E-state index in [4.69, 9.17) is 9.47 Å². The van der Waals surface area contributed by atoms with Crippen molar-refractivity contribution >= 4 is 5.91 Å². The highest BCUT2D eigenvalue weighted by atomic mass is 16.7. The van der Waals surface area contributed by atoms with Crippen molar-refractivity contribution in [1.82, 2.24) is 5.32 Å². The summed E-state index contributed by atoms with van der Waals surface area (Å²) < 4.78 is 11.2. The number of allylic oxidation sites excluding steroid dienone is 2. The molecule has 2 unspecified atom stereocenters. The second kappa shape index (κ2) is 36.3. The molecule has 54 heavy (non-hydrogen) atoms. The third kappa shape index (κ3) is 26.7. The Morgan fingerprint density at radius 1 is 0.611 bits per heavy atom. The van der Waals surface area contributed by atoms with Crippen LogP contribution in [0.1, 0.15) is 213 Å². The molecule has 9 heteroatoms. The monoisotopic (exact) mass is 770 g/mol. The average Bonchev–Trinajstić information content (AvgIpc) is 3.17. The third-order valence-electron chi connectivity index (χ3n) is 11.1. The molecule has 0 aromatic heterocycles. The van der Waals surface area contributed by atoms with Crippen molar-refractivity contribution in [3.63, 3.8) is 0 Å². The molecular weight excluding hydrogens is 682 g/mol. The van der Waals surface area contributed by atoms with Crippen molar-refractivity contribution in [2.24, 2.45) is 0 Å². The number of hydrogen-bond donors (Lipinski definition) is 6. The lowest BCUT2D eigenvalue weighted by Crippen LogP contribution is -2.60. The summed E-state index contributed by atoms with van der Waals surface area (Å²) >= 11 is 0. The maximum atomic E-state index is 13.0. The molecule has 0 aromatic rings. The first kappa shape index (κ1) is 50.9. The molecule has 0 radical (unpaired) electrons. The van der Waals surface area contributed by atoms with Crippen molar-refractivity contribution < 1.29 is 39.8 Å². The van der Waals surface area contributed by atoms with E-state index in [2.05, 4.69) is 31.3 Å². The van der Waals surface area contributed by atoms with Gasteiger partial charge < -0.3 is 40.3 Å². The van der Waals surface area contributed by atoms with E-state index < -0.39 is 49.5 Å². The molecule has 1 heterocycles. The van der Waals surface area contributed by atoms with Gasteiger partial charge in [0.05, 0.1) is 25.4 Å². The normalized spacial score (nSPS) is 21.5. The molecule has 1 amide bonds. The molecule has 0 aromatic carbocycles. The van der Waals surface area contributed by atoms with Crippen molar-refractivity contribution in [2.75, 3.05) is 13.2 Å². The van der Waals surface area contributed by atoms with E-state index in [0.29, 0.717) is 12.8 Å². The summed E-state index contributed by atoms with van der Waals surface area (Å²) in [6, 6.07) is -0.729. The highest BCUT2D eigenvalue weighted by molar-refractivity contribution is 5.76. The average molecular weight is 770 g/mol. The summed E-state index contributed by atoms with van der Waals surface area (Å²) in [5.74, 6) is -0.152. The van der Waals surface area contributed by atoms with E-state index in [-0.39, 0.29) is 12.5 Å². The molecule has 0 spiro atoms. The molecule has 1 fully saturated rings. The van der Waals surface area contributed by atoms with Crippen LogP contribution in [-0.4, -0.2) is 87.5 Å². The van der Waals surface area contributed by atoms with Gasteiger partial charge in [-0.05, 0) is 38.5 Å². The lowest BCUT2D eigenvalue weighted by molar-refractivity contribution is -0.302. The number of nitrogens with one attached hydrogen (secondary N) is 1. The Bertz CT molecular complexity index is 858. The fraction of sp³-hybridized carbons (Fsp3) is 0.933. The number of hydrogen-bond acceptors (Lipinski definition) is 8. The smallest absolute Gasteiger partial charge is 0.220 e.